The van der Waals surface area contributed by atoms with Crippen LogP contribution >= 0.6 is 23.2 Å². The van der Waals surface area contributed by atoms with Gasteiger partial charge < -0.3 is 0 Å². The molecule has 1 heterocycles. The van der Waals surface area contributed by atoms with E-state index in [1.807, 2.05) is 6.07 Å². The summed E-state index contributed by atoms with van der Waals surface area (Å²) in [4.78, 5) is 2.84. The molecular formula is C21H27Cl2N. The van der Waals surface area contributed by atoms with Gasteiger partial charge in [0.05, 0.1) is 10.0 Å². The minimum Gasteiger partial charge on any atom is -0.292 e. The topological polar surface area (TPSA) is 3.24 Å². The molecule has 130 valence electrons. The summed E-state index contributed by atoms with van der Waals surface area (Å²) in [5.41, 5.74) is 1.68. The lowest BCUT2D eigenvalue weighted by Crippen LogP contribution is -2.66. The highest BCUT2D eigenvalue weighted by molar-refractivity contribution is 6.42. The summed E-state index contributed by atoms with van der Waals surface area (Å²) in [6.45, 7) is 6.05. The minimum atomic E-state index is 0.325. The standard InChI is InChI=1S/C21H27Cl2N/c1-21(2)11-24(20(21)14-3-4-17(22)18(23)10-14)19-15-6-12-5-13(8-15)9-16(19)7-12/h3-4,10,12-13,15-16,19-20H,5-9,11H2,1-2H3. The van der Waals surface area contributed by atoms with Gasteiger partial charge in [0, 0.05) is 18.6 Å². The molecule has 4 aliphatic carbocycles. The Bertz CT molecular complexity index is 640. The molecule has 5 fully saturated rings. The second-order valence-corrected chi connectivity index (χ2v) is 10.5. The quantitative estimate of drug-likeness (QED) is 0.604. The summed E-state index contributed by atoms with van der Waals surface area (Å²) in [6.07, 6.45) is 7.48. The Morgan fingerprint density at radius 1 is 0.917 bits per heavy atom. The van der Waals surface area contributed by atoms with Crippen molar-refractivity contribution in [3.05, 3.63) is 33.8 Å². The molecule has 6 rings (SSSR count). The van der Waals surface area contributed by atoms with Crippen LogP contribution in [-0.4, -0.2) is 17.5 Å². The first-order chi connectivity index (χ1) is 11.4. The summed E-state index contributed by atoms with van der Waals surface area (Å²) in [5.74, 6) is 3.98. The van der Waals surface area contributed by atoms with Crippen LogP contribution in [0.3, 0.4) is 0 Å². The zero-order valence-corrected chi connectivity index (χ0v) is 16.2. The van der Waals surface area contributed by atoms with Gasteiger partial charge in [-0.3, -0.25) is 4.90 Å². The number of nitrogens with zero attached hydrogens (tertiary/aromatic N) is 1. The van der Waals surface area contributed by atoms with Crippen LogP contribution < -0.4 is 0 Å². The van der Waals surface area contributed by atoms with E-state index in [-0.39, 0.29) is 0 Å². The van der Waals surface area contributed by atoms with Crippen LogP contribution in [0.15, 0.2) is 18.2 Å². The summed E-state index contributed by atoms with van der Waals surface area (Å²) >= 11 is 12.5. The monoisotopic (exact) mass is 363 g/mol. The van der Waals surface area contributed by atoms with Crippen molar-refractivity contribution in [1.82, 2.24) is 4.90 Å². The van der Waals surface area contributed by atoms with Crippen LogP contribution in [0.2, 0.25) is 10.0 Å². The zero-order valence-electron chi connectivity index (χ0n) is 14.6. The fourth-order valence-corrected chi connectivity index (χ4v) is 7.33. The lowest BCUT2D eigenvalue weighted by atomic mass is 9.52. The molecule has 1 aromatic rings. The number of hydrogen-bond acceptors (Lipinski definition) is 1. The smallest absolute Gasteiger partial charge is 0.0595 e. The number of likely N-dealkylation sites (tertiary alicyclic amines) is 1. The van der Waals surface area contributed by atoms with Crippen LogP contribution in [0.25, 0.3) is 0 Å². The maximum absolute atomic E-state index is 6.34. The van der Waals surface area contributed by atoms with E-state index in [4.69, 9.17) is 23.2 Å². The second-order valence-electron chi connectivity index (χ2n) is 9.66. The van der Waals surface area contributed by atoms with Crippen molar-refractivity contribution in [1.29, 1.82) is 0 Å². The van der Waals surface area contributed by atoms with Crippen molar-refractivity contribution in [3.8, 4) is 0 Å². The first kappa shape index (κ1) is 16.0. The predicted molar refractivity (Wildman–Crippen MR) is 101 cm³/mol. The number of halogens is 2. The van der Waals surface area contributed by atoms with Gasteiger partial charge in [0.2, 0.25) is 0 Å². The Hall–Kier alpha value is -0.240. The van der Waals surface area contributed by atoms with Crippen molar-refractivity contribution < 1.29 is 0 Å². The average molecular weight is 364 g/mol. The first-order valence-corrected chi connectivity index (χ1v) is 10.4. The summed E-state index contributed by atoms with van der Waals surface area (Å²) in [5, 5.41) is 1.36. The molecule has 0 spiro atoms. The normalized spacial score (nSPS) is 43.0. The number of benzene rings is 1. The second kappa shape index (κ2) is 5.38. The fraction of sp³-hybridized carbons (Fsp3) is 0.714. The van der Waals surface area contributed by atoms with Crippen LogP contribution in [0.1, 0.15) is 57.6 Å². The van der Waals surface area contributed by atoms with Crippen molar-refractivity contribution in [2.45, 2.75) is 58.0 Å². The van der Waals surface area contributed by atoms with E-state index in [9.17, 15) is 0 Å². The fourth-order valence-electron chi connectivity index (χ4n) is 7.03. The molecule has 1 nitrogen and oxygen atoms in total. The van der Waals surface area contributed by atoms with Crippen LogP contribution in [0, 0.1) is 29.1 Å². The Kier molecular flexibility index (Phi) is 3.58. The third-order valence-electron chi connectivity index (χ3n) is 7.48. The minimum absolute atomic E-state index is 0.325. The molecule has 0 N–H and O–H groups in total. The van der Waals surface area contributed by atoms with Gasteiger partial charge in [-0.2, -0.15) is 0 Å². The SMILES string of the molecule is CC1(C)CN(C2C3CC4CC(C3)CC2C4)C1c1ccc(Cl)c(Cl)c1. The highest BCUT2D eigenvalue weighted by atomic mass is 35.5. The van der Waals surface area contributed by atoms with Gasteiger partial charge in [-0.05, 0) is 78.9 Å². The Morgan fingerprint density at radius 2 is 1.54 bits per heavy atom. The lowest BCUT2D eigenvalue weighted by Gasteiger charge is -2.65. The molecule has 0 amide bonds. The largest absolute Gasteiger partial charge is 0.292 e. The first-order valence-electron chi connectivity index (χ1n) is 9.63. The molecule has 1 unspecified atom stereocenters. The molecule has 1 aromatic carbocycles. The summed E-state index contributed by atoms with van der Waals surface area (Å²) < 4.78 is 0. The zero-order chi connectivity index (χ0) is 16.6. The summed E-state index contributed by atoms with van der Waals surface area (Å²) in [6, 6.07) is 7.59. The van der Waals surface area contributed by atoms with E-state index in [1.54, 1.807) is 0 Å². The van der Waals surface area contributed by atoms with E-state index < -0.39 is 0 Å². The van der Waals surface area contributed by atoms with Crippen molar-refractivity contribution in [3.63, 3.8) is 0 Å². The number of hydrogen-bond donors (Lipinski definition) is 0. The maximum Gasteiger partial charge on any atom is 0.0595 e. The van der Waals surface area contributed by atoms with Gasteiger partial charge in [-0.25, -0.2) is 0 Å². The van der Waals surface area contributed by atoms with Gasteiger partial charge in [0.25, 0.3) is 0 Å². The van der Waals surface area contributed by atoms with Gasteiger partial charge in [-0.1, -0.05) is 43.1 Å². The molecule has 3 heteroatoms. The maximum atomic E-state index is 6.34. The van der Waals surface area contributed by atoms with Crippen LogP contribution in [0.4, 0.5) is 0 Å². The average Bonchev–Trinajstić information content (AvgIpc) is 2.48. The summed E-state index contributed by atoms with van der Waals surface area (Å²) in [7, 11) is 0. The van der Waals surface area contributed by atoms with Gasteiger partial charge in [0.15, 0.2) is 0 Å². The van der Waals surface area contributed by atoms with Crippen LogP contribution in [0.5, 0.6) is 0 Å². The third-order valence-corrected chi connectivity index (χ3v) is 8.22. The molecule has 0 aromatic heterocycles. The predicted octanol–water partition coefficient (Wildman–Crippen LogP) is 6.20. The molecule has 1 saturated heterocycles. The number of rotatable bonds is 2. The molecule has 24 heavy (non-hydrogen) atoms. The Morgan fingerprint density at radius 3 is 2.08 bits per heavy atom. The van der Waals surface area contributed by atoms with E-state index >= 15 is 0 Å². The van der Waals surface area contributed by atoms with Crippen molar-refractivity contribution >= 4 is 23.2 Å². The molecule has 0 radical (unpaired) electrons. The molecule has 1 aliphatic heterocycles. The van der Waals surface area contributed by atoms with E-state index in [2.05, 4.69) is 30.9 Å². The Balaban J connectivity index is 1.46. The third kappa shape index (κ3) is 2.31. The molecule has 1 atom stereocenters. The van der Waals surface area contributed by atoms with Crippen LogP contribution in [-0.2, 0) is 0 Å². The van der Waals surface area contributed by atoms with Crippen molar-refractivity contribution in [2.24, 2.45) is 29.1 Å². The molecular weight excluding hydrogens is 337 g/mol. The van der Waals surface area contributed by atoms with E-state index in [1.165, 1.54) is 44.2 Å². The molecule has 5 aliphatic rings. The van der Waals surface area contributed by atoms with E-state index in [0.717, 1.165) is 29.7 Å². The van der Waals surface area contributed by atoms with Gasteiger partial charge in [-0.15, -0.1) is 0 Å². The van der Waals surface area contributed by atoms with Gasteiger partial charge >= 0.3 is 0 Å². The molecule has 4 saturated carbocycles. The van der Waals surface area contributed by atoms with Gasteiger partial charge in [0.1, 0.15) is 0 Å². The molecule has 4 bridgehead atoms. The van der Waals surface area contributed by atoms with E-state index in [0.29, 0.717) is 21.5 Å². The highest BCUT2D eigenvalue weighted by Crippen LogP contribution is 2.60. The van der Waals surface area contributed by atoms with Crippen molar-refractivity contribution in [2.75, 3.05) is 6.54 Å². The Labute approximate surface area is 155 Å². The lowest BCUT2D eigenvalue weighted by molar-refractivity contribution is -0.159. The highest BCUT2D eigenvalue weighted by Gasteiger charge is 2.57.